The zero-order chi connectivity index (χ0) is 12.1. The smallest absolute Gasteiger partial charge is 0.123 e. The van der Waals surface area contributed by atoms with Crippen LogP contribution >= 0.6 is 0 Å². The molecule has 1 aromatic carbocycles. The maximum absolute atomic E-state index is 13.3. The van der Waals surface area contributed by atoms with Crippen LogP contribution in [0.5, 0.6) is 0 Å². The lowest BCUT2D eigenvalue weighted by Gasteiger charge is -2.09. The van der Waals surface area contributed by atoms with Crippen LogP contribution in [-0.4, -0.2) is 12.0 Å². The summed E-state index contributed by atoms with van der Waals surface area (Å²) in [6.07, 6.45) is 4.26. The quantitative estimate of drug-likeness (QED) is 0.873. The molecule has 1 N–H and O–H groups in total. The number of hydrogen-bond donors (Lipinski definition) is 1. The van der Waals surface area contributed by atoms with Crippen molar-refractivity contribution in [3.8, 4) is 0 Å². The average Bonchev–Trinajstić information content (AvgIpc) is 2.34. The Bertz CT molecular complexity index is 483. The Morgan fingerprint density at radius 1 is 1.24 bits per heavy atom. The number of aromatic nitrogens is 1. The molecule has 0 aliphatic rings. The largest absolute Gasteiger partial charge is 0.316 e. The van der Waals surface area contributed by atoms with Gasteiger partial charge < -0.3 is 5.32 Å². The average molecular weight is 230 g/mol. The highest BCUT2D eigenvalue weighted by molar-refractivity contribution is 5.32. The van der Waals surface area contributed by atoms with Gasteiger partial charge >= 0.3 is 0 Å². The molecular weight excluding hydrogens is 215 g/mol. The van der Waals surface area contributed by atoms with Crippen LogP contribution in [0.3, 0.4) is 0 Å². The van der Waals surface area contributed by atoms with Gasteiger partial charge in [0.05, 0.1) is 0 Å². The van der Waals surface area contributed by atoms with Gasteiger partial charge in [-0.15, -0.1) is 0 Å². The molecule has 0 radical (unpaired) electrons. The molecule has 2 rings (SSSR count). The molecule has 0 saturated heterocycles. The summed E-state index contributed by atoms with van der Waals surface area (Å²) in [5, 5.41) is 3.09. The van der Waals surface area contributed by atoms with E-state index >= 15 is 0 Å². The lowest BCUT2D eigenvalue weighted by atomic mass is 10.0. The molecule has 88 valence electrons. The van der Waals surface area contributed by atoms with Gasteiger partial charge in [-0.05, 0) is 48.4 Å². The van der Waals surface area contributed by atoms with Gasteiger partial charge in [0.25, 0.3) is 0 Å². The number of rotatable bonds is 4. The first-order valence-electron chi connectivity index (χ1n) is 5.60. The zero-order valence-corrected chi connectivity index (χ0v) is 9.78. The number of nitrogens with zero attached hydrogens (tertiary/aromatic N) is 1. The Kier molecular flexibility index (Phi) is 3.83. The molecule has 2 nitrogen and oxygen atoms in total. The normalized spacial score (nSPS) is 10.5. The van der Waals surface area contributed by atoms with Crippen molar-refractivity contribution in [3.63, 3.8) is 0 Å². The molecule has 0 bridgehead atoms. The third kappa shape index (κ3) is 3.11. The van der Waals surface area contributed by atoms with Crippen molar-refractivity contribution in [1.82, 2.24) is 10.3 Å². The lowest BCUT2D eigenvalue weighted by molar-refractivity contribution is 0.624. The van der Waals surface area contributed by atoms with Crippen molar-refractivity contribution in [3.05, 3.63) is 65.2 Å². The van der Waals surface area contributed by atoms with Gasteiger partial charge in [-0.3, -0.25) is 4.98 Å². The van der Waals surface area contributed by atoms with Crippen molar-refractivity contribution >= 4 is 0 Å². The topological polar surface area (TPSA) is 24.9 Å². The summed E-state index contributed by atoms with van der Waals surface area (Å²) in [6.45, 7) is 0.746. The Labute approximate surface area is 101 Å². The summed E-state index contributed by atoms with van der Waals surface area (Å²) in [4.78, 5) is 4.07. The summed E-state index contributed by atoms with van der Waals surface area (Å²) in [7, 11) is 1.89. The molecule has 0 unspecified atom stereocenters. The molecule has 0 fully saturated rings. The van der Waals surface area contributed by atoms with Crippen molar-refractivity contribution in [2.45, 2.75) is 13.0 Å². The van der Waals surface area contributed by atoms with E-state index in [1.165, 1.54) is 6.07 Å². The monoisotopic (exact) mass is 230 g/mol. The molecular formula is C14H15FN2. The minimum Gasteiger partial charge on any atom is -0.316 e. The third-order valence-corrected chi connectivity index (χ3v) is 2.65. The fraction of sp³-hybridized carbons (Fsp3) is 0.214. The molecule has 2 aromatic rings. The van der Waals surface area contributed by atoms with E-state index in [-0.39, 0.29) is 5.82 Å². The minimum absolute atomic E-state index is 0.191. The van der Waals surface area contributed by atoms with Gasteiger partial charge in [0.2, 0.25) is 0 Å². The fourth-order valence-corrected chi connectivity index (χ4v) is 1.84. The second-order valence-electron chi connectivity index (χ2n) is 3.98. The highest BCUT2D eigenvalue weighted by Gasteiger charge is 2.04. The molecule has 0 atom stereocenters. The SMILES string of the molecule is CNCc1ccc(F)cc1Cc1cccnc1. The lowest BCUT2D eigenvalue weighted by Crippen LogP contribution is -2.08. The second kappa shape index (κ2) is 5.55. The molecule has 17 heavy (non-hydrogen) atoms. The van der Waals surface area contributed by atoms with Crippen LogP contribution in [0, 0.1) is 5.82 Å². The molecule has 0 amide bonds. The molecule has 0 aliphatic heterocycles. The van der Waals surface area contributed by atoms with Crippen molar-refractivity contribution < 1.29 is 4.39 Å². The van der Waals surface area contributed by atoms with Crippen LogP contribution in [0.15, 0.2) is 42.7 Å². The summed E-state index contributed by atoms with van der Waals surface area (Å²) in [5.74, 6) is -0.191. The standard InChI is InChI=1S/C14H15FN2/c1-16-10-12-4-5-14(15)8-13(12)7-11-3-2-6-17-9-11/h2-6,8-9,16H,7,10H2,1H3. The first kappa shape index (κ1) is 11.7. The van der Waals surface area contributed by atoms with E-state index in [9.17, 15) is 4.39 Å². The summed E-state index contributed by atoms with van der Waals surface area (Å²) in [6, 6.07) is 8.82. The van der Waals surface area contributed by atoms with E-state index in [1.807, 2.05) is 31.4 Å². The van der Waals surface area contributed by atoms with Crippen LogP contribution in [0.25, 0.3) is 0 Å². The minimum atomic E-state index is -0.191. The zero-order valence-electron chi connectivity index (χ0n) is 9.78. The van der Waals surface area contributed by atoms with Crippen LogP contribution < -0.4 is 5.32 Å². The van der Waals surface area contributed by atoms with Gasteiger partial charge in [0, 0.05) is 18.9 Å². The molecule has 1 heterocycles. The Hall–Kier alpha value is -1.74. The molecule has 1 aromatic heterocycles. The number of pyridine rings is 1. The summed E-state index contributed by atoms with van der Waals surface area (Å²) in [5.41, 5.74) is 3.22. The van der Waals surface area contributed by atoms with E-state index in [1.54, 1.807) is 12.3 Å². The fourth-order valence-electron chi connectivity index (χ4n) is 1.84. The van der Waals surface area contributed by atoms with E-state index in [0.29, 0.717) is 6.42 Å². The third-order valence-electron chi connectivity index (χ3n) is 2.65. The summed E-state index contributed by atoms with van der Waals surface area (Å²) >= 11 is 0. The van der Waals surface area contributed by atoms with Crippen LogP contribution in [-0.2, 0) is 13.0 Å². The number of nitrogens with one attached hydrogen (secondary N) is 1. The first-order valence-corrected chi connectivity index (χ1v) is 5.60. The van der Waals surface area contributed by atoms with E-state index < -0.39 is 0 Å². The van der Waals surface area contributed by atoms with Gasteiger partial charge in [0.1, 0.15) is 5.82 Å². The second-order valence-corrected chi connectivity index (χ2v) is 3.98. The Morgan fingerprint density at radius 2 is 2.12 bits per heavy atom. The maximum atomic E-state index is 13.3. The highest BCUT2D eigenvalue weighted by atomic mass is 19.1. The van der Waals surface area contributed by atoms with Gasteiger partial charge in [-0.2, -0.15) is 0 Å². The molecule has 0 saturated carbocycles. The van der Waals surface area contributed by atoms with E-state index in [2.05, 4.69) is 10.3 Å². The van der Waals surface area contributed by atoms with Gasteiger partial charge in [-0.1, -0.05) is 12.1 Å². The van der Waals surface area contributed by atoms with Crippen molar-refractivity contribution in [2.24, 2.45) is 0 Å². The molecule has 0 aliphatic carbocycles. The Balaban J connectivity index is 2.27. The van der Waals surface area contributed by atoms with Crippen molar-refractivity contribution in [1.29, 1.82) is 0 Å². The number of hydrogen-bond acceptors (Lipinski definition) is 2. The van der Waals surface area contributed by atoms with E-state index in [4.69, 9.17) is 0 Å². The number of halogens is 1. The predicted octanol–water partition coefficient (Wildman–Crippen LogP) is 2.53. The highest BCUT2D eigenvalue weighted by Crippen LogP contribution is 2.15. The van der Waals surface area contributed by atoms with Crippen molar-refractivity contribution in [2.75, 3.05) is 7.05 Å². The molecule has 3 heteroatoms. The maximum Gasteiger partial charge on any atom is 0.123 e. The summed E-state index contributed by atoms with van der Waals surface area (Å²) < 4.78 is 13.3. The van der Waals surface area contributed by atoms with Crippen LogP contribution in [0.1, 0.15) is 16.7 Å². The van der Waals surface area contributed by atoms with Crippen LogP contribution in [0.4, 0.5) is 4.39 Å². The van der Waals surface area contributed by atoms with Crippen LogP contribution in [0.2, 0.25) is 0 Å². The molecule has 0 spiro atoms. The van der Waals surface area contributed by atoms with Gasteiger partial charge in [-0.25, -0.2) is 4.39 Å². The number of benzene rings is 1. The van der Waals surface area contributed by atoms with Gasteiger partial charge in [0.15, 0.2) is 0 Å². The van der Waals surface area contributed by atoms with E-state index in [0.717, 1.165) is 23.2 Å². The first-order chi connectivity index (χ1) is 8.29. The Morgan fingerprint density at radius 3 is 2.82 bits per heavy atom. The predicted molar refractivity (Wildman–Crippen MR) is 66.2 cm³/mol.